The molecule has 0 unspecified atom stereocenters. The van der Waals surface area contributed by atoms with Crippen molar-refractivity contribution in [1.29, 1.82) is 0 Å². The molecular formula is C24H34IN3O5. The molecule has 0 saturated carbocycles. The lowest BCUT2D eigenvalue weighted by molar-refractivity contribution is 0.0702. The Morgan fingerprint density at radius 3 is 2.61 bits per heavy atom. The third-order valence-electron chi connectivity index (χ3n) is 4.57. The fourth-order valence-corrected chi connectivity index (χ4v) is 2.97. The molecule has 0 bridgehead atoms. The predicted octanol–water partition coefficient (Wildman–Crippen LogP) is 3.96. The molecule has 9 heteroatoms. The third-order valence-corrected chi connectivity index (χ3v) is 4.57. The quantitative estimate of drug-likeness (QED) is 0.173. The van der Waals surface area contributed by atoms with Crippen LogP contribution in [0, 0.1) is 0 Å². The summed E-state index contributed by atoms with van der Waals surface area (Å²) in [6, 6.07) is 15.6. The number of anilines is 1. The Morgan fingerprint density at radius 1 is 0.970 bits per heavy atom. The number of aliphatic imine (C=N–C) groups is 1. The van der Waals surface area contributed by atoms with Crippen molar-refractivity contribution in [1.82, 2.24) is 5.32 Å². The minimum atomic E-state index is 0. The van der Waals surface area contributed by atoms with Gasteiger partial charge in [0.05, 0.1) is 33.0 Å². The van der Waals surface area contributed by atoms with E-state index < -0.39 is 0 Å². The van der Waals surface area contributed by atoms with Gasteiger partial charge in [-0.2, -0.15) is 0 Å². The molecule has 2 aromatic rings. The topological polar surface area (TPSA) is 82.6 Å². The van der Waals surface area contributed by atoms with Gasteiger partial charge in [-0.05, 0) is 30.7 Å². The Kier molecular flexibility index (Phi) is 13.4. The Balaban J connectivity index is 0.00000385. The Hall–Kier alpha value is -2.24. The largest absolute Gasteiger partial charge is 0.492 e. The Morgan fingerprint density at radius 2 is 1.79 bits per heavy atom. The van der Waals surface area contributed by atoms with Gasteiger partial charge in [-0.1, -0.05) is 18.2 Å². The van der Waals surface area contributed by atoms with E-state index >= 15 is 0 Å². The van der Waals surface area contributed by atoms with E-state index in [-0.39, 0.29) is 24.0 Å². The fourth-order valence-electron chi connectivity index (χ4n) is 2.97. The minimum Gasteiger partial charge on any atom is -0.492 e. The average molecular weight is 571 g/mol. The average Bonchev–Trinajstić information content (AvgIpc) is 3.07. The summed E-state index contributed by atoms with van der Waals surface area (Å²) >= 11 is 0. The lowest BCUT2D eigenvalue weighted by atomic mass is 10.3. The number of fused-ring (bicyclic) bond motifs is 1. The summed E-state index contributed by atoms with van der Waals surface area (Å²) in [5.41, 5.74) is 0.876. The molecule has 3 rings (SSSR count). The zero-order valence-electron chi connectivity index (χ0n) is 19.1. The number of benzene rings is 2. The molecule has 0 aromatic heterocycles. The highest BCUT2D eigenvalue weighted by molar-refractivity contribution is 14.0. The predicted molar refractivity (Wildman–Crippen MR) is 141 cm³/mol. The summed E-state index contributed by atoms with van der Waals surface area (Å²) in [6.07, 6.45) is 1.69. The van der Waals surface area contributed by atoms with Gasteiger partial charge in [0.2, 0.25) is 0 Å². The normalized spacial score (nSPS) is 12.9. The SMILES string of the molecule is COCCOCCCN=C(NCCOc1ccccc1)Nc1ccc2c(c1)OCCCO2.I. The van der Waals surface area contributed by atoms with Crippen LogP contribution in [0.2, 0.25) is 0 Å². The number of ether oxygens (including phenoxy) is 5. The second-order valence-corrected chi connectivity index (χ2v) is 7.11. The van der Waals surface area contributed by atoms with Crippen LogP contribution in [-0.2, 0) is 9.47 Å². The van der Waals surface area contributed by atoms with Crippen molar-refractivity contribution in [2.24, 2.45) is 4.99 Å². The highest BCUT2D eigenvalue weighted by Gasteiger charge is 2.11. The molecule has 182 valence electrons. The van der Waals surface area contributed by atoms with Gasteiger partial charge in [0.15, 0.2) is 17.5 Å². The molecule has 0 saturated heterocycles. The summed E-state index contributed by atoms with van der Waals surface area (Å²) in [7, 11) is 1.67. The molecule has 1 aliphatic rings. The van der Waals surface area contributed by atoms with Crippen molar-refractivity contribution in [3.8, 4) is 17.2 Å². The van der Waals surface area contributed by atoms with E-state index in [1.165, 1.54) is 0 Å². The molecule has 2 aromatic carbocycles. The van der Waals surface area contributed by atoms with Gasteiger partial charge in [0.1, 0.15) is 12.4 Å². The van der Waals surface area contributed by atoms with Crippen molar-refractivity contribution in [2.75, 3.05) is 65.2 Å². The summed E-state index contributed by atoms with van der Waals surface area (Å²) in [6.45, 7) is 4.91. The van der Waals surface area contributed by atoms with Crippen molar-refractivity contribution >= 4 is 35.6 Å². The fraction of sp³-hybridized carbons (Fsp3) is 0.458. The number of hydrogen-bond donors (Lipinski definition) is 2. The number of methoxy groups -OCH3 is 1. The zero-order valence-corrected chi connectivity index (χ0v) is 21.4. The summed E-state index contributed by atoms with van der Waals surface area (Å²) < 4.78 is 27.8. The van der Waals surface area contributed by atoms with Gasteiger partial charge in [0, 0.05) is 38.4 Å². The standard InChI is InChI=1S/C24H33N3O5.HI/c1-28-17-18-29-13-5-11-25-24(26-12-16-30-21-7-3-2-4-8-21)27-20-9-10-22-23(19-20)32-15-6-14-31-22;/h2-4,7-10,19H,5-6,11-18H2,1H3,(H2,25,26,27);1H. The van der Waals surface area contributed by atoms with Crippen LogP contribution in [-0.4, -0.2) is 65.8 Å². The van der Waals surface area contributed by atoms with E-state index in [1.54, 1.807) is 7.11 Å². The first-order valence-corrected chi connectivity index (χ1v) is 11.0. The third kappa shape index (κ3) is 10.5. The molecule has 0 atom stereocenters. The van der Waals surface area contributed by atoms with Crippen LogP contribution in [0.5, 0.6) is 17.2 Å². The molecule has 1 heterocycles. The molecule has 0 aliphatic carbocycles. The van der Waals surface area contributed by atoms with Crippen LogP contribution in [0.1, 0.15) is 12.8 Å². The van der Waals surface area contributed by atoms with Crippen LogP contribution in [0.4, 0.5) is 5.69 Å². The van der Waals surface area contributed by atoms with Crippen LogP contribution in [0.25, 0.3) is 0 Å². The highest BCUT2D eigenvalue weighted by atomic mass is 127. The van der Waals surface area contributed by atoms with Gasteiger partial charge in [-0.25, -0.2) is 0 Å². The number of halogens is 1. The molecule has 1 aliphatic heterocycles. The van der Waals surface area contributed by atoms with Gasteiger partial charge < -0.3 is 34.3 Å². The molecule has 0 fully saturated rings. The number of nitrogens with zero attached hydrogens (tertiary/aromatic N) is 1. The van der Waals surface area contributed by atoms with Gasteiger partial charge in [-0.15, -0.1) is 24.0 Å². The molecule has 0 spiro atoms. The van der Waals surface area contributed by atoms with E-state index in [2.05, 4.69) is 15.6 Å². The van der Waals surface area contributed by atoms with Gasteiger partial charge in [-0.3, -0.25) is 4.99 Å². The minimum absolute atomic E-state index is 0. The number of guanidine groups is 1. The molecular weight excluding hydrogens is 537 g/mol. The van der Waals surface area contributed by atoms with Crippen LogP contribution >= 0.6 is 24.0 Å². The Bertz CT molecular complexity index is 823. The number of nitrogens with one attached hydrogen (secondary N) is 2. The lowest BCUT2D eigenvalue weighted by Crippen LogP contribution is -2.34. The summed E-state index contributed by atoms with van der Waals surface area (Å²) in [4.78, 5) is 4.67. The highest BCUT2D eigenvalue weighted by Crippen LogP contribution is 2.32. The molecule has 8 nitrogen and oxygen atoms in total. The van der Waals surface area contributed by atoms with E-state index in [4.69, 9.17) is 23.7 Å². The van der Waals surface area contributed by atoms with Crippen molar-refractivity contribution < 1.29 is 23.7 Å². The maximum Gasteiger partial charge on any atom is 0.195 e. The number of rotatable bonds is 12. The maximum atomic E-state index is 5.79. The Labute approximate surface area is 213 Å². The zero-order chi connectivity index (χ0) is 22.3. The number of hydrogen-bond acceptors (Lipinski definition) is 6. The van der Waals surface area contributed by atoms with Crippen LogP contribution < -0.4 is 24.8 Å². The van der Waals surface area contributed by atoms with E-state index in [0.29, 0.717) is 58.7 Å². The van der Waals surface area contributed by atoms with Crippen molar-refractivity contribution in [2.45, 2.75) is 12.8 Å². The van der Waals surface area contributed by atoms with Crippen molar-refractivity contribution in [3.05, 3.63) is 48.5 Å². The second kappa shape index (κ2) is 16.4. The molecule has 2 N–H and O–H groups in total. The molecule has 33 heavy (non-hydrogen) atoms. The first kappa shape index (κ1) is 27.0. The van der Waals surface area contributed by atoms with Crippen LogP contribution in [0.3, 0.4) is 0 Å². The lowest BCUT2D eigenvalue weighted by Gasteiger charge is -2.15. The van der Waals surface area contributed by atoms with E-state index in [1.807, 2.05) is 48.5 Å². The smallest absolute Gasteiger partial charge is 0.195 e. The van der Waals surface area contributed by atoms with Crippen molar-refractivity contribution in [3.63, 3.8) is 0 Å². The van der Waals surface area contributed by atoms with Gasteiger partial charge >= 0.3 is 0 Å². The van der Waals surface area contributed by atoms with Gasteiger partial charge in [0.25, 0.3) is 0 Å². The summed E-state index contributed by atoms with van der Waals surface area (Å²) in [5.74, 6) is 3.03. The molecule has 0 amide bonds. The molecule has 0 radical (unpaired) electrons. The monoisotopic (exact) mass is 571 g/mol. The van der Waals surface area contributed by atoms with Crippen LogP contribution in [0.15, 0.2) is 53.5 Å². The first-order chi connectivity index (χ1) is 15.8. The maximum absolute atomic E-state index is 5.79. The van der Waals surface area contributed by atoms with E-state index in [9.17, 15) is 0 Å². The van der Waals surface area contributed by atoms with E-state index in [0.717, 1.165) is 35.8 Å². The summed E-state index contributed by atoms with van der Waals surface area (Å²) in [5, 5.41) is 6.67. The second-order valence-electron chi connectivity index (χ2n) is 7.11. The first-order valence-electron chi connectivity index (χ1n) is 11.0. The number of para-hydroxylation sites is 1.